The van der Waals surface area contributed by atoms with Gasteiger partial charge >= 0.3 is 0 Å². The zero-order valence-corrected chi connectivity index (χ0v) is 15.8. The Hall–Kier alpha value is -1.59. The number of nitrogens with two attached hydrogens (primary N) is 1. The van der Waals surface area contributed by atoms with E-state index >= 15 is 0 Å². The number of amides is 1. The molecule has 1 aromatic carbocycles. The number of methoxy groups -OCH3 is 1. The first kappa shape index (κ1) is 19.7. The Labute approximate surface area is 151 Å². The van der Waals surface area contributed by atoms with Gasteiger partial charge in [-0.25, -0.2) is 0 Å². The summed E-state index contributed by atoms with van der Waals surface area (Å²) in [7, 11) is 1.69. The van der Waals surface area contributed by atoms with Crippen molar-refractivity contribution in [1.29, 1.82) is 0 Å². The van der Waals surface area contributed by atoms with Crippen molar-refractivity contribution in [2.24, 2.45) is 17.6 Å². The van der Waals surface area contributed by atoms with Crippen molar-refractivity contribution in [1.82, 2.24) is 10.2 Å². The molecular formula is C20H33N3O2. The molecule has 0 aliphatic carbocycles. The number of carbonyl (C=O) groups excluding carboxylic acids is 1. The molecule has 1 aliphatic heterocycles. The number of ether oxygens (including phenoxy) is 1. The van der Waals surface area contributed by atoms with Crippen LogP contribution in [0, 0.1) is 11.8 Å². The predicted molar refractivity (Wildman–Crippen MR) is 101 cm³/mol. The van der Waals surface area contributed by atoms with Crippen LogP contribution in [0.4, 0.5) is 0 Å². The largest absolute Gasteiger partial charge is 0.497 e. The lowest BCUT2D eigenvalue weighted by molar-refractivity contribution is -0.123. The minimum Gasteiger partial charge on any atom is -0.497 e. The Morgan fingerprint density at radius 1 is 1.32 bits per heavy atom. The van der Waals surface area contributed by atoms with Gasteiger partial charge in [-0.05, 0) is 55.5 Å². The van der Waals surface area contributed by atoms with Crippen molar-refractivity contribution in [2.45, 2.75) is 45.7 Å². The molecule has 0 saturated carbocycles. The Morgan fingerprint density at radius 3 is 2.52 bits per heavy atom. The van der Waals surface area contributed by atoms with Gasteiger partial charge < -0.3 is 15.8 Å². The average molecular weight is 348 g/mol. The summed E-state index contributed by atoms with van der Waals surface area (Å²) in [6.07, 6.45) is 3.17. The topological polar surface area (TPSA) is 67.6 Å². The molecule has 2 rings (SSSR count). The Kier molecular flexibility index (Phi) is 7.72. The van der Waals surface area contributed by atoms with Crippen LogP contribution in [0.2, 0.25) is 0 Å². The summed E-state index contributed by atoms with van der Waals surface area (Å²) in [4.78, 5) is 14.6. The number of nitrogens with zero attached hydrogens (tertiary/aromatic N) is 1. The van der Waals surface area contributed by atoms with Crippen molar-refractivity contribution in [3.05, 3.63) is 29.8 Å². The van der Waals surface area contributed by atoms with Crippen LogP contribution in [0.3, 0.4) is 0 Å². The number of likely N-dealkylation sites (tertiary alicyclic amines) is 1. The van der Waals surface area contributed by atoms with Gasteiger partial charge in [-0.1, -0.05) is 32.4 Å². The van der Waals surface area contributed by atoms with Crippen LogP contribution >= 0.6 is 0 Å². The van der Waals surface area contributed by atoms with Gasteiger partial charge in [0.25, 0.3) is 0 Å². The highest BCUT2D eigenvalue weighted by molar-refractivity contribution is 5.81. The van der Waals surface area contributed by atoms with E-state index in [0.29, 0.717) is 5.92 Å². The normalized spacial score (nSPS) is 18.6. The van der Waals surface area contributed by atoms with Gasteiger partial charge in [-0.3, -0.25) is 9.69 Å². The lowest BCUT2D eigenvalue weighted by Crippen LogP contribution is -2.47. The number of nitrogens with one attached hydrogen (secondary N) is 1. The molecule has 0 bridgehead atoms. The minimum atomic E-state index is -0.389. The summed E-state index contributed by atoms with van der Waals surface area (Å²) in [6.45, 7) is 7.97. The minimum absolute atomic E-state index is 0.00462. The summed E-state index contributed by atoms with van der Waals surface area (Å²) in [5, 5.41) is 3.05. The van der Waals surface area contributed by atoms with Crippen LogP contribution in [-0.4, -0.2) is 43.6 Å². The second kappa shape index (κ2) is 9.78. The lowest BCUT2D eigenvalue weighted by Gasteiger charge is -2.32. The molecule has 1 amide bonds. The van der Waals surface area contributed by atoms with Gasteiger partial charge in [0.05, 0.1) is 13.2 Å². The fourth-order valence-electron chi connectivity index (χ4n) is 3.21. The standard InChI is InChI=1S/C20H33N3O2/c1-4-15(2)19(21)20(24)22-13-16-9-11-23(12-10-16)14-17-5-7-18(25-3)8-6-17/h5-8,15-16,19H,4,9-14,21H2,1-3H3,(H,22,24). The number of benzene rings is 1. The Balaban J connectivity index is 1.69. The highest BCUT2D eigenvalue weighted by atomic mass is 16.5. The van der Waals surface area contributed by atoms with E-state index in [1.54, 1.807) is 7.11 Å². The molecule has 5 nitrogen and oxygen atoms in total. The number of carbonyl (C=O) groups is 1. The maximum Gasteiger partial charge on any atom is 0.237 e. The third kappa shape index (κ3) is 6.01. The van der Waals surface area contributed by atoms with Crippen LogP contribution < -0.4 is 15.8 Å². The van der Waals surface area contributed by atoms with E-state index in [0.717, 1.165) is 51.2 Å². The van der Waals surface area contributed by atoms with Crippen LogP contribution in [0.25, 0.3) is 0 Å². The van der Waals surface area contributed by atoms with E-state index in [1.807, 2.05) is 19.1 Å². The van der Waals surface area contributed by atoms with Crippen molar-refractivity contribution in [3.8, 4) is 5.75 Å². The van der Waals surface area contributed by atoms with Gasteiger partial charge in [0.15, 0.2) is 0 Å². The average Bonchev–Trinajstić information content (AvgIpc) is 2.66. The maximum absolute atomic E-state index is 12.1. The van der Waals surface area contributed by atoms with E-state index in [2.05, 4.69) is 29.3 Å². The monoisotopic (exact) mass is 347 g/mol. The van der Waals surface area contributed by atoms with Gasteiger partial charge in [-0.15, -0.1) is 0 Å². The van der Waals surface area contributed by atoms with Gasteiger partial charge in [-0.2, -0.15) is 0 Å². The highest BCUT2D eigenvalue weighted by Crippen LogP contribution is 2.20. The van der Waals surface area contributed by atoms with Crippen molar-refractivity contribution in [2.75, 3.05) is 26.7 Å². The Bertz CT molecular complexity index is 524. The maximum atomic E-state index is 12.1. The summed E-state index contributed by atoms with van der Waals surface area (Å²) in [5.74, 6) is 1.68. The molecule has 1 saturated heterocycles. The second-order valence-corrected chi connectivity index (χ2v) is 7.22. The third-order valence-corrected chi connectivity index (χ3v) is 5.40. The third-order valence-electron chi connectivity index (χ3n) is 5.40. The summed E-state index contributed by atoms with van der Waals surface area (Å²) >= 11 is 0. The first-order chi connectivity index (χ1) is 12.0. The van der Waals surface area contributed by atoms with Gasteiger partial charge in [0, 0.05) is 13.1 Å². The van der Waals surface area contributed by atoms with E-state index in [1.165, 1.54) is 5.56 Å². The fourth-order valence-corrected chi connectivity index (χ4v) is 3.21. The second-order valence-electron chi connectivity index (χ2n) is 7.22. The van der Waals surface area contributed by atoms with Gasteiger partial charge in [0.1, 0.15) is 5.75 Å². The smallest absolute Gasteiger partial charge is 0.237 e. The zero-order valence-electron chi connectivity index (χ0n) is 15.8. The van der Waals surface area contributed by atoms with Crippen molar-refractivity contribution >= 4 is 5.91 Å². The summed E-state index contributed by atoms with van der Waals surface area (Å²) in [5.41, 5.74) is 7.30. The number of piperidine rings is 1. The molecule has 2 atom stereocenters. The molecule has 1 aromatic rings. The molecule has 1 heterocycles. The van der Waals surface area contributed by atoms with Crippen LogP contribution in [-0.2, 0) is 11.3 Å². The number of rotatable bonds is 8. The van der Waals surface area contributed by atoms with Crippen LogP contribution in [0.1, 0.15) is 38.7 Å². The molecule has 0 radical (unpaired) electrons. The quantitative estimate of drug-likeness (QED) is 0.758. The first-order valence-corrected chi connectivity index (χ1v) is 9.42. The Morgan fingerprint density at radius 2 is 1.96 bits per heavy atom. The SMILES string of the molecule is CCC(C)C(N)C(=O)NCC1CCN(Cc2ccc(OC)cc2)CC1. The van der Waals surface area contributed by atoms with Crippen molar-refractivity contribution in [3.63, 3.8) is 0 Å². The molecule has 25 heavy (non-hydrogen) atoms. The first-order valence-electron chi connectivity index (χ1n) is 9.42. The van der Waals surface area contributed by atoms with E-state index in [4.69, 9.17) is 10.5 Å². The molecule has 3 N–H and O–H groups in total. The van der Waals surface area contributed by atoms with E-state index in [-0.39, 0.29) is 17.9 Å². The molecule has 5 heteroatoms. The fraction of sp³-hybridized carbons (Fsp3) is 0.650. The molecule has 0 spiro atoms. The molecule has 1 aliphatic rings. The lowest BCUT2D eigenvalue weighted by atomic mass is 9.95. The molecule has 0 aromatic heterocycles. The molecule has 140 valence electrons. The highest BCUT2D eigenvalue weighted by Gasteiger charge is 2.23. The summed E-state index contributed by atoms with van der Waals surface area (Å²) in [6, 6.07) is 7.89. The van der Waals surface area contributed by atoms with E-state index < -0.39 is 0 Å². The van der Waals surface area contributed by atoms with Crippen LogP contribution in [0.5, 0.6) is 5.75 Å². The molecule has 1 fully saturated rings. The van der Waals surface area contributed by atoms with Crippen molar-refractivity contribution < 1.29 is 9.53 Å². The molecular weight excluding hydrogens is 314 g/mol. The van der Waals surface area contributed by atoms with E-state index in [9.17, 15) is 4.79 Å². The molecule has 2 unspecified atom stereocenters. The summed E-state index contributed by atoms with van der Waals surface area (Å²) < 4.78 is 5.20. The number of hydrogen-bond acceptors (Lipinski definition) is 4. The zero-order chi connectivity index (χ0) is 18.2. The van der Waals surface area contributed by atoms with Gasteiger partial charge in [0.2, 0.25) is 5.91 Å². The number of hydrogen-bond donors (Lipinski definition) is 2. The van der Waals surface area contributed by atoms with Crippen LogP contribution in [0.15, 0.2) is 24.3 Å². The predicted octanol–water partition coefficient (Wildman–Crippen LogP) is 2.40.